The highest BCUT2D eigenvalue weighted by atomic mass is 16.6. The molecule has 2 aromatic rings. The van der Waals surface area contributed by atoms with E-state index in [1.54, 1.807) is 43.7 Å². The van der Waals surface area contributed by atoms with Crippen LogP contribution in [0, 0.1) is 0 Å². The topological polar surface area (TPSA) is 94.5 Å². The highest BCUT2D eigenvalue weighted by Crippen LogP contribution is 2.09. The molecular formula is C13H19N5O2. The van der Waals surface area contributed by atoms with Crippen molar-refractivity contribution in [2.75, 3.05) is 11.9 Å². The molecule has 108 valence electrons. The van der Waals surface area contributed by atoms with Crippen molar-refractivity contribution < 1.29 is 9.53 Å². The number of carbonyl (C=O) groups excluding carboxylic acids is 1. The normalized spacial score (nSPS) is 13.2. The zero-order valence-corrected chi connectivity index (χ0v) is 11.8. The molecule has 2 aromatic heterocycles. The second-order valence-corrected chi connectivity index (χ2v) is 5.47. The van der Waals surface area contributed by atoms with Gasteiger partial charge in [0.1, 0.15) is 17.5 Å². The summed E-state index contributed by atoms with van der Waals surface area (Å²) in [6, 6.07) is 2.87. The van der Waals surface area contributed by atoms with Crippen LogP contribution in [0.3, 0.4) is 0 Å². The van der Waals surface area contributed by atoms with E-state index in [0.717, 1.165) is 5.65 Å². The van der Waals surface area contributed by atoms with Crippen molar-refractivity contribution in [3.05, 3.63) is 24.5 Å². The molecule has 20 heavy (non-hydrogen) atoms. The van der Waals surface area contributed by atoms with Gasteiger partial charge in [0.25, 0.3) is 0 Å². The van der Waals surface area contributed by atoms with Crippen LogP contribution in [0.25, 0.3) is 5.65 Å². The first kappa shape index (κ1) is 14.3. The number of imidazole rings is 1. The molecule has 0 aromatic carbocycles. The van der Waals surface area contributed by atoms with Gasteiger partial charge in [-0.25, -0.2) is 9.50 Å². The first-order valence-electron chi connectivity index (χ1n) is 6.38. The minimum atomic E-state index is -0.741. The van der Waals surface area contributed by atoms with Gasteiger partial charge in [0.15, 0.2) is 5.65 Å². The van der Waals surface area contributed by atoms with E-state index in [1.165, 1.54) is 0 Å². The van der Waals surface area contributed by atoms with E-state index in [-0.39, 0.29) is 6.54 Å². The number of hydrogen-bond acceptors (Lipinski definition) is 6. The molecule has 7 heteroatoms. The third-order valence-electron chi connectivity index (χ3n) is 2.47. The fourth-order valence-electron chi connectivity index (χ4n) is 1.58. The molecular weight excluding hydrogens is 258 g/mol. The average molecular weight is 277 g/mol. The smallest absolute Gasteiger partial charge is 0.325 e. The van der Waals surface area contributed by atoms with Crippen molar-refractivity contribution in [2.45, 2.75) is 32.4 Å². The van der Waals surface area contributed by atoms with E-state index in [2.05, 4.69) is 15.4 Å². The van der Waals surface area contributed by atoms with Gasteiger partial charge in [-0.05, 0) is 32.9 Å². The minimum absolute atomic E-state index is 0.252. The van der Waals surface area contributed by atoms with Crippen LogP contribution in [-0.4, -0.2) is 38.8 Å². The summed E-state index contributed by atoms with van der Waals surface area (Å²) in [5, 5.41) is 7.28. The number of ether oxygens (including phenoxy) is 1. The number of fused-ring (bicyclic) bond motifs is 1. The zero-order valence-electron chi connectivity index (χ0n) is 11.8. The first-order valence-corrected chi connectivity index (χ1v) is 6.38. The number of nitrogens with one attached hydrogen (secondary N) is 1. The van der Waals surface area contributed by atoms with Crippen molar-refractivity contribution in [1.82, 2.24) is 14.6 Å². The number of aromatic nitrogens is 3. The lowest BCUT2D eigenvalue weighted by molar-refractivity contribution is -0.156. The Balaban J connectivity index is 1.92. The fraction of sp³-hybridized carbons (Fsp3) is 0.462. The third kappa shape index (κ3) is 3.67. The van der Waals surface area contributed by atoms with Crippen LogP contribution in [0.4, 0.5) is 5.82 Å². The van der Waals surface area contributed by atoms with Gasteiger partial charge < -0.3 is 15.8 Å². The Hall–Kier alpha value is -2.15. The number of rotatable bonds is 4. The largest absolute Gasteiger partial charge is 0.459 e. The van der Waals surface area contributed by atoms with Crippen molar-refractivity contribution in [1.29, 1.82) is 0 Å². The van der Waals surface area contributed by atoms with E-state index in [4.69, 9.17) is 10.5 Å². The van der Waals surface area contributed by atoms with E-state index in [9.17, 15) is 4.79 Å². The van der Waals surface area contributed by atoms with Gasteiger partial charge in [0.05, 0.1) is 0 Å². The molecule has 1 unspecified atom stereocenters. The number of hydrogen-bond donors (Lipinski definition) is 2. The molecule has 2 rings (SSSR count). The molecule has 0 bridgehead atoms. The third-order valence-corrected chi connectivity index (χ3v) is 2.47. The quantitative estimate of drug-likeness (QED) is 0.803. The molecule has 2 heterocycles. The summed E-state index contributed by atoms with van der Waals surface area (Å²) in [4.78, 5) is 15.8. The molecule has 0 aliphatic heterocycles. The molecule has 3 N–H and O–H groups in total. The molecule has 0 radical (unpaired) electrons. The maximum Gasteiger partial charge on any atom is 0.325 e. The second kappa shape index (κ2) is 5.46. The maximum absolute atomic E-state index is 11.7. The van der Waals surface area contributed by atoms with Gasteiger partial charge in [0.2, 0.25) is 0 Å². The van der Waals surface area contributed by atoms with Crippen molar-refractivity contribution in [3.8, 4) is 0 Å². The Morgan fingerprint density at radius 1 is 1.50 bits per heavy atom. The summed E-state index contributed by atoms with van der Waals surface area (Å²) in [6.45, 7) is 5.67. The zero-order chi connectivity index (χ0) is 14.8. The van der Waals surface area contributed by atoms with E-state index >= 15 is 0 Å². The van der Waals surface area contributed by atoms with Crippen LogP contribution in [0.1, 0.15) is 20.8 Å². The van der Waals surface area contributed by atoms with Crippen LogP contribution >= 0.6 is 0 Å². The molecule has 0 amide bonds. The SMILES string of the molecule is CC(C)(C)OC(=O)C(N)CNc1ccc2nccn2n1. The number of nitrogens with two attached hydrogens (primary N) is 1. The fourth-order valence-corrected chi connectivity index (χ4v) is 1.58. The monoisotopic (exact) mass is 277 g/mol. The molecule has 0 saturated carbocycles. The Morgan fingerprint density at radius 3 is 2.95 bits per heavy atom. The number of nitrogens with zero attached hydrogens (tertiary/aromatic N) is 3. The molecule has 1 atom stereocenters. The number of carbonyl (C=O) groups is 1. The Kier molecular flexibility index (Phi) is 3.89. The molecule has 0 fully saturated rings. The number of esters is 1. The Morgan fingerprint density at radius 2 is 2.25 bits per heavy atom. The summed E-state index contributed by atoms with van der Waals surface area (Å²) in [5.74, 6) is 0.184. The van der Waals surface area contributed by atoms with Crippen molar-refractivity contribution in [3.63, 3.8) is 0 Å². The van der Waals surface area contributed by atoms with Gasteiger partial charge >= 0.3 is 5.97 Å². The summed E-state index contributed by atoms with van der Waals surface area (Å²) in [6.07, 6.45) is 3.41. The van der Waals surface area contributed by atoms with Gasteiger partial charge in [-0.3, -0.25) is 4.79 Å². The van der Waals surface area contributed by atoms with Crippen LogP contribution in [0.15, 0.2) is 24.5 Å². The minimum Gasteiger partial charge on any atom is -0.459 e. The van der Waals surface area contributed by atoms with Crippen LogP contribution in [0.2, 0.25) is 0 Å². The van der Waals surface area contributed by atoms with Crippen LogP contribution in [0.5, 0.6) is 0 Å². The first-order chi connectivity index (χ1) is 9.35. The maximum atomic E-state index is 11.7. The summed E-state index contributed by atoms with van der Waals surface area (Å²) < 4.78 is 6.85. The standard InChI is InChI=1S/C13H19N5O2/c1-13(2,3)20-12(19)9(14)8-16-10-4-5-11-15-6-7-18(11)17-10/h4-7,9H,8,14H2,1-3H3,(H,16,17). The van der Waals surface area contributed by atoms with Crippen LogP contribution in [-0.2, 0) is 9.53 Å². The van der Waals surface area contributed by atoms with Gasteiger partial charge in [-0.15, -0.1) is 5.10 Å². The molecule has 7 nitrogen and oxygen atoms in total. The highest BCUT2D eigenvalue weighted by Gasteiger charge is 2.21. The Labute approximate surface area is 117 Å². The van der Waals surface area contributed by atoms with Crippen molar-refractivity contribution >= 4 is 17.4 Å². The molecule has 0 aliphatic carbocycles. The molecule has 0 aliphatic rings. The Bertz CT molecular complexity index is 602. The predicted octanol–water partition coefficient (Wildman–Crippen LogP) is 0.810. The average Bonchev–Trinajstić information content (AvgIpc) is 2.81. The molecule has 0 saturated heterocycles. The van der Waals surface area contributed by atoms with Gasteiger partial charge in [-0.1, -0.05) is 0 Å². The second-order valence-electron chi connectivity index (χ2n) is 5.47. The lowest BCUT2D eigenvalue weighted by Gasteiger charge is -2.22. The number of anilines is 1. The summed E-state index contributed by atoms with van der Waals surface area (Å²) in [7, 11) is 0. The lowest BCUT2D eigenvalue weighted by atomic mass is 10.2. The summed E-state index contributed by atoms with van der Waals surface area (Å²) in [5.41, 5.74) is 6.00. The van der Waals surface area contributed by atoms with Gasteiger partial charge in [-0.2, -0.15) is 0 Å². The van der Waals surface area contributed by atoms with E-state index in [0.29, 0.717) is 5.82 Å². The predicted molar refractivity (Wildman–Crippen MR) is 75.3 cm³/mol. The van der Waals surface area contributed by atoms with Crippen molar-refractivity contribution in [2.24, 2.45) is 5.73 Å². The highest BCUT2D eigenvalue weighted by molar-refractivity contribution is 5.76. The summed E-state index contributed by atoms with van der Waals surface area (Å²) >= 11 is 0. The van der Waals surface area contributed by atoms with Crippen LogP contribution < -0.4 is 11.1 Å². The lowest BCUT2D eigenvalue weighted by Crippen LogP contribution is -2.42. The van der Waals surface area contributed by atoms with E-state index < -0.39 is 17.6 Å². The van der Waals surface area contributed by atoms with Gasteiger partial charge in [0, 0.05) is 18.9 Å². The molecule has 0 spiro atoms. The van der Waals surface area contributed by atoms with E-state index in [1.807, 2.05) is 6.07 Å².